The van der Waals surface area contributed by atoms with E-state index in [1.54, 1.807) is 30.3 Å². The number of nitrogens with one attached hydrogen (secondary N) is 1. The highest BCUT2D eigenvalue weighted by Crippen LogP contribution is 2.35. The van der Waals surface area contributed by atoms with Crippen molar-refractivity contribution in [2.24, 2.45) is 0 Å². The fraction of sp³-hybridized carbons (Fsp3) is 0.133. The molecule has 0 fully saturated rings. The Kier molecular flexibility index (Phi) is 4.03. The van der Waals surface area contributed by atoms with E-state index in [1.807, 2.05) is 0 Å². The second-order valence-corrected chi connectivity index (χ2v) is 7.59. The second kappa shape index (κ2) is 5.86. The molecule has 0 bridgehead atoms. The first kappa shape index (κ1) is 15.8. The molecule has 0 saturated carbocycles. The molecule has 6 nitrogen and oxygen atoms in total. The van der Waals surface area contributed by atoms with Crippen LogP contribution in [0.15, 0.2) is 51.8 Å². The van der Waals surface area contributed by atoms with Crippen LogP contribution in [0.1, 0.15) is 0 Å². The molecule has 0 aliphatic carbocycles. The number of para-hydroxylation sites is 2. The minimum absolute atomic E-state index is 0.0784. The van der Waals surface area contributed by atoms with Gasteiger partial charge in [0.05, 0.1) is 27.9 Å². The average Bonchev–Trinajstić information content (AvgIpc) is 2.53. The maximum atomic E-state index is 12.9. The Morgan fingerprint density at radius 3 is 2.65 bits per heavy atom. The molecular weight excluding hydrogens is 384 g/mol. The summed E-state index contributed by atoms with van der Waals surface area (Å²) in [7, 11) is -2.37. The van der Waals surface area contributed by atoms with Crippen LogP contribution in [0, 0.1) is 0 Å². The standard InChI is InChI=1S/C15H13BrN2O4S/c1-22-14-7-6-10(8-11(14)16)23(20,21)18-9-15(19)17-12-4-2-3-5-13(12)18/h2-8H,9H2,1H3,(H,17,19). The van der Waals surface area contributed by atoms with E-state index in [9.17, 15) is 13.2 Å². The molecule has 1 N–H and O–H groups in total. The number of rotatable bonds is 3. The number of methoxy groups -OCH3 is 1. The van der Waals surface area contributed by atoms with E-state index in [-0.39, 0.29) is 17.3 Å². The molecule has 1 heterocycles. The fourth-order valence-electron chi connectivity index (χ4n) is 2.35. The van der Waals surface area contributed by atoms with Crippen molar-refractivity contribution in [1.29, 1.82) is 0 Å². The number of amides is 1. The van der Waals surface area contributed by atoms with E-state index in [1.165, 1.54) is 19.2 Å². The number of halogens is 1. The highest BCUT2D eigenvalue weighted by Gasteiger charge is 2.32. The van der Waals surface area contributed by atoms with E-state index < -0.39 is 10.0 Å². The number of ether oxygens (including phenoxy) is 1. The predicted molar refractivity (Wildman–Crippen MR) is 90.3 cm³/mol. The molecule has 0 spiro atoms. The molecule has 0 aromatic heterocycles. The lowest BCUT2D eigenvalue weighted by Gasteiger charge is -2.30. The van der Waals surface area contributed by atoms with Crippen LogP contribution in [0.5, 0.6) is 5.75 Å². The van der Waals surface area contributed by atoms with Crippen molar-refractivity contribution in [3.8, 4) is 5.75 Å². The monoisotopic (exact) mass is 396 g/mol. The van der Waals surface area contributed by atoms with E-state index >= 15 is 0 Å². The van der Waals surface area contributed by atoms with Crippen LogP contribution in [-0.4, -0.2) is 28.0 Å². The van der Waals surface area contributed by atoms with Crippen molar-refractivity contribution in [3.63, 3.8) is 0 Å². The fourth-order valence-corrected chi connectivity index (χ4v) is 4.51. The van der Waals surface area contributed by atoms with Crippen LogP contribution in [0.4, 0.5) is 11.4 Å². The van der Waals surface area contributed by atoms with Crippen LogP contribution < -0.4 is 14.4 Å². The zero-order valence-electron chi connectivity index (χ0n) is 12.1. The lowest BCUT2D eigenvalue weighted by Crippen LogP contribution is -2.42. The zero-order chi connectivity index (χ0) is 16.6. The summed E-state index contributed by atoms with van der Waals surface area (Å²) in [4.78, 5) is 11.9. The molecule has 1 amide bonds. The summed E-state index contributed by atoms with van der Waals surface area (Å²) in [5, 5.41) is 2.67. The van der Waals surface area contributed by atoms with Crippen molar-refractivity contribution < 1.29 is 17.9 Å². The lowest BCUT2D eigenvalue weighted by molar-refractivity contribution is -0.115. The van der Waals surface area contributed by atoms with Gasteiger partial charge in [0, 0.05) is 0 Å². The SMILES string of the molecule is COc1ccc(S(=O)(=O)N2CC(=O)Nc3ccccc32)cc1Br. The summed E-state index contributed by atoms with van der Waals surface area (Å²) in [6, 6.07) is 11.3. The first-order valence-corrected chi connectivity index (χ1v) is 8.92. The van der Waals surface area contributed by atoms with E-state index in [4.69, 9.17) is 4.74 Å². The summed E-state index contributed by atoms with van der Waals surface area (Å²) in [5.41, 5.74) is 0.916. The van der Waals surface area contributed by atoms with Gasteiger partial charge in [-0.2, -0.15) is 0 Å². The van der Waals surface area contributed by atoms with Gasteiger partial charge in [-0.25, -0.2) is 8.42 Å². The topological polar surface area (TPSA) is 75.7 Å². The summed E-state index contributed by atoms with van der Waals surface area (Å²) < 4.78 is 32.6. The lowest BCUT2D eigenvalue weighted by atomic mass is 10.2. The number of carbonyl (C=O) groups is 1. The molecule has 0 atom stereocenters. The Hall–Kier alpha value is -2.06. The van der Waals surface area contributed by atoms with Gasteiger partial charge in [0.25, 0.3) is 10.0 Å². The van der Waals surface area contributed by atoms with Crippen molar-refractivity contribution in [2.45, 2.75) is 4.90 Å². The molecule has 1 aliphatic rings. The highest BCUT2D eigenvalue weighted by atomic mass is 79.9. The highest BCUT2D eigenvalue weighted by molar-refractivity contribution is 9.10. The molecule has 2 aromatic rings. The Morgan fingerprint density at radius 1 is 1.22 bits per heavy atom. The first-order valence-electron chi connectivity index (χ1n) is 6.68. The van der Waals surface area contributed by atoms with Gasteiger partial charge in [-0.05, 0) is 46.3 Å². The normalized spacial score (nSPS) is 14.2. The smallest absolute Gasteiger partial charge is 0.264 e. The van der Waals surface area contributed by atoms with Gasteiger partial charge in [-0.1, -0.05) is 12.1 Å². The molecule has 3 rings (SSSR count). The number of hydrogen-bond acceptors (Lipinski definition) is 4. The van der Waals surface area contributed by atoms with Crippen LogP contribution in [0.2, 0.25) is 0 Å². The Labute approximate surface area is 142 Å². The summed E-state index contributed by atoms with van der Waals surface area (Å²) in [5.74, 6) is 0.153. The maximum absolute atomic E-state index is 12.9. The van der Waals surface area contributed by atoms with Crippen LogP contribution in [0.25, 0.3) is 0 Å². The van der Waals surface area contributed by atoms with Crippen molar-refractivity contribution in [2.75, 3.05) is 23.3 Å². The summed E-state index contributed by atoms with van der Waals surface area (Å²) >= 11 is 3.28. The van der Waals surface area contributed by atoms with Crippen LogP contribution in [-0.2, 0) is 14.8 Å². The number of hydrogen-bond donors (Lipinski definition) is 1. The minimum Gasteiger partial charge on any atom is -0.496 e. The molecule has 120 valence electrons. The molecule has 1 aliphatic heterocycles. The first-order chi connectivity index (χ1) is 10.9. The Morgan fingerprint density at radius 2 is 1.96 bits per heavy atom. The Balaban J connectivity index is 2.10. The third-order valence-corrected chi connectivity index (χ3v) is 5.82. The third-order valence-electron chi connectivity index (χ3n) is 3.45. The number of fused-ring (bicyclic) bond motifs is 1. The number of benzene rings is 2. The van der Waals surface area contributed by atoms with Gasteiger partial charge in [0.1, 0.15) is 12.3 Å². The van der Waals surface area contributed by atoms with E-state index in [0.29, 0.717) is 21.6 Å². The van der Waals surface area contributed by atoms with Crippen LogP contribution in [0.3, 0.4) is 0 Å². The van der Waals surface area contributed by atoms with Gasteiger partial charge < -0.3 is 10.1 Å². The predicted octanol–water partition coefficient (Wildman–Crippen LogP) is 2.61. The van der Waals surface area contributed by atoms with Crippen molar-refractivity contribution >= 4 is 43.2 Å². The molecular formula is C15H13BrN2O4S. The molecule has 0 radical (unpaired) electrons. The van der Waals surface area contributed by atoms with Gasteiger partial charge in [0.2, 0.25) is 5.91 Å². The molecule has 23 heavy (non-hydrogen) atoms. The number of anilines is 2. The minimum atomic E-state index is -3.87. The van der Waals surface area contributed by atoms with Crippen molar-refractivity contribution in [3.05, 3.63) is 46.9 Å². The molecule has 0 saturated heterocycles. The molecule has 2 aromatic carbocycles. The maximum Gasteiger partial charge on any atom is 0.264 e. The zero-order valence-corrected chi connectivity index (χ0v) is 14.5. The summed E-state index contributed by atoms with van der Waals surface area (Å²) in [6.07, 6.45) is 0. The van der Waals surface area contributed by atoms with Crippen molar-refractivity contribution in [1.82, 2.24) is 0 Å². The van der Waals surface area contributed by atoms with E-state index in [0.717, 1.165) is 4.31 Å². The van der Waals surface area contributed by atoms with Gasteiger partial charge >= 0.3 is 0 Å². The molecule has 0 unspecified atom stereocenters. The Bertz CT molecular complexity index is 883. The number of sulfonamides is 1. The quantitative estimate of drug-likeness (QED) is 0.864. The number of carbonyl (C=O) groups excluding carboxylic acids is 1. The van der Waals surface area contributed by atoms with Gasteiger partial charge in [-0.3, -0.25) is 9.10 Å². The number of nitrogens with zero attached hydrogens (tertiary/aromatic N) is 1. The van der Waals surface area contributed by atoms with Gasteiger partial charge in [-0.15, -0.1) is 0 Å². The average molecular weight is 397 g/mol. The third kappa shape index (κ3) is 2.79. The largest absolute Gasteiger partial charge is 0.496 e. The van der Waals surface area contributed by atoms with Gasteiger partial charge in [0.15, 0.2) is 0 Å². The van der Waals surface area contributed by atoms with E-state index in [2.05, 4.69) is 21.2 Å². The molecule has 8 heteroatoms. The van der Waals surface area contributed by atoms with Crippen LogP contribution >= 0.6 is 15.9 Å². The second-order valence-electron chi connectivity index (χ2n) is 4.87. The summed E-state index contributed by atoms with van der Waals surface area (Å²) in [6.45, 7) is -0.261.